The van der Waals surface area contributed by atoms with Crippen LogP contribution >= 0.6 is 0 Å². The summed E-state index contributed by atoms with van der Waals surface area (Å²) in [5.41, 5.74) is 5.56. The number of hydrogen-bond acceptors (Lipinski definition) is 3. The summed E-state index contributed by atoms with van der Waals surface area (Å²) in [5, 5.41) is 16.1. The number of aliphatic hydroxyl groups excluding tert-OH is 1. The molecule has 2 aromatic rings. The Labute approximate surface area is 155 Å². The summed E-state index contributed by atoms with van der Waals surface area (Å²) in [5.74, 6) is -0.151. The second kappa shape index (κ2) is 7.50. The number of carbonyl (C=O) groups excluding carboxylic acids is 1. The van der Waals surface area contributed by atoms with Crippen molar-refractivity contribution in [1.29, 1.82) is 0 Å². The number of fused-ring (bicyclic) bond motifs is 1. The average Bonchev–Trinajstić information content (AvgIpc) is 2.85. The molecule has 1 amide bonds. The van der Waals surface area contributed by atoms with Crippen LogP contribution in [0.1, 0.15) is 60.7 Å². The monoisotopic (exact) mass is 352 g/mol. The SMILES string of the molecule is CC(C)(C)c1ccc(C(=O)Nc2cc3c(cc2CO)NCCCC3)cc1. The largest absolute Gasteiger partial charge is 0.392 e. The number of nitrogens with one attached hydrogen (secondary N) is 2. The van der Waals surface area contributed by atoms with Gasteiger partial charge >= 0.3 is 0 Å². The van der Waals surface area contributed by atoms with Crippen molar-refractivity contribution in [2.24, 2.45) is 0 Å². The van der Waals surface area contributed by atoms with E-state index in [1.807, 2.05) is 36.4 Å². The maximum atomic E-state index is 12.7. The zero-order valence-corrected chi connectivity index (χ0v) is 15.9. The molecule has 4 heteroatoms. The summed E-state index contributed by atoms with van der Waals surface area (Å²) in [6.45, 7) is 7.30. The molecule has 0 radical (unpaired) electrons. The molecule has 0 atom stereocenters. The van der Waals surface area contributed by atoms with Crippen molar-refractivity contribution in [3.63, 3.8) is 0 Å². The molecule has 4 nitrogen and oxygen atoms in total. The molecular weight excluding hydrogens is 324 g/mol. The van der Waals surface area contributed by atoms with Crippen LogP contribution in [0.4, 0.5) is 11.4 Å². The molecule has 1 heterocycles. The van der Waals surface area contributed by atoms with E-state index >= 15 is 0 Å². The lowest BCUT2D eigenvalue weighted by Gasteiger charge is -2.19. The van der Waals surface area contributed by atoms with Crippen LogP contribution in [0, 0.1) is 0 Å². The van der Waals surface area contributed by atoms with Gasteiger partial charge in [0.1, 0.15) is 0 Å². The number of rotatable bonds is 3. The summed E-state index contributed by atoms with van der Waals surface area (Å²) in [7, 11) is 0. The van der Waals surface area contributed by atoms with Crippen LogP contribution in [-0.2, 0) is 18.4 Å². The number of benzene rings is 2. The zero-order valence-electron chi connectivity index (χ0n) is 15.9. The van der Waals surface area contributed by atoms with Gasteiger partial charge in [-0.05, 0) is 60.1 Å². The van der Waals surface area contributed by atoms with E-state index < -0.39 is 0 Å². The minimum atomic E-state index is -0.151. The molecule has 0 aromatic heterocycles. The van der Waals surface area contributed by atoms with Crippen molar-refractivity contribution >= 4 is 17.3 Å². The summed E-state index contributed by atoms with van der Waals surface area (Å²) in [6, 6.07) is 11.7. The van der Waals surface area contributed by atoms with Gasteiger partial charge in [-0.2, -0.15) is 0 Å². The highest BCUT2D eigenvalue weighted by molar-refractivity contribution is 6.04. The minimum absolute atomic E-state index is 0.0586. The van der Waals surface area contributed by atoms with Gasteiger partial charge in [0.15, 0.2) is 0 Å². The summed E-state index contributed by atoms with van der Waals surface area (Å²) in [6.07, 6.45) is 3.24. The molecule has 0 saturated heterocycles. The molecule has 138 valence electrons. The molecule has 0 saturated carbocycles. The Morgan fingerprint density at radius 2 is 1.88 bits per heavy atom. The van der Waals surface area contributed by atoms with E-state index in [0.717, 1.165) is 37.1 Å². The summed E-state index contributed by atoms with van der Waals surface area (Å²) in [4.78, 5) is 12.7. The van der Waals surface area contributed by atoms with Crippen LogP contribution in [0.2, 0.25) is 0 Å². The van der Waals surface area contributed by atoms with Gasteiger partial charge < -0.3 is 15.7 Å². The lowest BCUT2D eigenvalue weighted by atomic mass is 9.86. The van der Waals surface area contributed by atoms with Crippen LogP contribution in [0.15, 0.2) is 36.4 Å². The summed E-state index contributed by atoms with van der Waals surface area (Å²) >= 11 is 0. The first-order chi connectivity index (χ1) is 12.4. The van der Waals surface area contributed by atoms with E-state index in [-0.39, 0.29) is 17.9 Å². The highest BCUT2D eigenvalue weighted by Gasteiger charge is 2.16. The molecule has 0 aliphatic carbocycles. The Balaban J connectivity index is 1.83. The summed E-state index contributed by atoms with van der Waals surface area (Å²) < 4.78 is 0. The maximum Gasteiger partial charge on any atom is 0.255 e. The van der Waals surface area contributed by atoms with Gasteiger partial charge in [0.2, 0.25) is 0 Å². The van der Waals surface area contributed by atoms with Gasteiger partial charge in [0.05, 0.1) is 6.61 Å². The average molecular weight is 352 g/mol. The molecule has 1 aliphatic heterocycles. The van der Waals surface area contributed by atoms with Crippen molar-refractivity contribution in [2.45, 2.75) is 52.1 Å². The molecule has 0 unspecified atom stereocenters. The van der Waals surface area contributed by atoms with E-state index in [9.17, 15) is 9.90 Å². The second-order valence-corrected chi connectivity index (χ2v) is 7.99. The van der Waals surface area contributed by atoms with Crippen molar-refractivity contribution in [2.75, 3.05) is 17.2 Å². The van der Waals surface area contributed by atoms with E-state index in [2.05, 4.69) is 31.4 Å². The van der Waals surface area contributed by atoms with Crippen LogP contribution in [-0.4, -0.2) is 17.6 Å². The molecule has 26 heavy (non-hydrogen) atoms. The van der Waals surface area contributed by atoms with Crippen LogP contribution in [0.5, 0.6) is 0 Å². The molecular formula is C22H28N2O2. The molecule has 0 bridgehead atoms. The molecule has 0 spiro atoms. The first-order valence-electron chi connectivity index (χ1n) is 9.31. The third-order valence-electron chi connectivity index (χ3n) is 4.95. The fourth-order valence-corrected chi connectivity index (χ4v) is 3.29. The number of anilines is 2. The Morgan fingerprint density at radius 1 is 1.15 bits per heavy atom. The van der Waals surface area contributed by atoms with E-state index in [4.69, 9.17) is 0 Å². The highest BCUT2D eigenvalue weighted by Crippen LogP contribution is 2.29. The lowest BCUT2D eigenvalue weighted by Crippen LogP contribution is -2.15. The second-order valence-electron chi connectivity index (χ2n) is 7.99. The number of aliphatic hydroxyl groups is 1. The predicted molar refractivity (Wildman–Crippen MR) is 107 cm³/mol. The van der Waals surface area contributed by atoms with Crippen molar-refractivity contribution in [3.05, 3.63) is 58.7 Å². The lowest BCUT2D eigenvalue weighted by molar-refractivity contribution is 0.102. The van der Waals surface area contributed by atoms with E-state index in [1.165, 1.54) is 11.1 Å². The Kier molecular flexibility index (Phi) is 5.33. The fourth-order valence-electron chi connectivity index (χ4n) is 3.29. The van der Waals surface area contributed by atoms with E-state index in [1.54, 1.807) is 0 Å². The number of hydrogen-bond donors (Lipinski definition) is 3. The van der Waals surface area contributed by atoms with Crippen LogP contribution < -0.4 is 10.6 Å². The first kappa shape index (κ1) is 18.5. The number of amides is 1. The molecule has 3 N–H and O–H groups in total. The third-order valence-corrected chi connectivity index (χ3v) is 4.95. The van der Waals surface area contributed by atoms with Crippen LogP contribution in [0.25, 0.3) is 0 Å². The Hall–Kier alpha value is -2.33. The molecule has 0 fully saturated rings. The van der Waals surface area contributed by atoms with Gasteiger partial charge in [-0.3, -0.25) is 4.79 Å². The quantitative estimate of drug-likeness (QED) is 0.763. The standard InChI is InChI=1S/C22H28N2O2/c1-22(2,3)18-9-7-15(8-10-18)21(26)24-20-12-16-6-4-5-11-23-19(16)13-17(20)14-25/h7-10,12-13,23,25H,4-6,11,14H2,1-3H3,(H,24,26). The zero-order chi connectivity index (χ0) is 18.7. The van der Waals surface area contributed by atoms with Gasteiger partial charge in [-0.1, -0.05) is 32.9 Å². The van der Waals surface area contributed by atoms with Gasteiger partial charge in [-0.15, -0.1) is 0 Å². The number of aryl methyl sites for hydroxylation is 1. The fraction of sp³-hybridized carbons (Fsp3) is 0.409. The Morgan fingerprint density at radius 3 is 2.54 bits per heavy atom. The normalized spacial score (nSPS) is 14.2. The van der Waals surface area contributed by atoms with Crippen molar-refractivity contribution in [1.82, 2.24) is 0 Å². The van der Waals surface area contributed by atoms with Gasteiger partial charge in [-0.25, -0.2) is 0 Å². The molecule has 2 aromatic carbocycles. The van der Waals surface area contributed by atoms with Crippen LogP contribution in [0.3, 0.4) is 0 Å². The highest BCUT2D eigenvalue weighted by atomic mass is 16.3. The first-order valence-corrected chi connectivity index (χ1v) is 9.31. The molecule has 3 rings (SSSR count). The topological polar surface area (TPSA) is 61.4 Å². The van der Waals surface area contributed by atoms with Crippen molar-refractivity contribution < 1.29 is 9.90 Å². The molecule has 1 aliphatic rings. The maximum absolute atomic E-state index is 12.7. The smallest absolute Gasteiger partial charge is 0.255 e. The number of carbonyl (C=O) groups is 1. The van der Waals surface area contributed by atoms with E-state index in [0.29, 0.717) is 11.3 Å². The van der Waals surface area contributed by atoms with Crippen molar-refractivity contribution in [3.8, 4) is 0 Å². The van der Waals surface area contributed by atoms with Gasteiger partial charge in [0.25, 0.3) is 5.91 Å². The predicted octanol–water partition coefficient (Wildman–Crippen LogP) is 4.48. The minimum Gasteiger partial charge on any atom is -0.392 e. The van der Waals surface area contributed by atoms with Gasteiger partial charge in [0, 0.05) is 29.0 Å². The third kappa shape index (κ3) is 4.07. The Bertz CT molecular complexity index is 789.